The summed E-state index contributed by atoms with van der Waals surface area (Å²) in [5.74, 6) is 1.30. The van der Waals surface area contributed by atoms with Crippen LogP contribution in [0.4, 0.5) is 8.78 Å². The minimum absolute atomic E-state index is 0.00594. The number of benzene rings is 1. The molecule has 0 saturated carbocycles. The Morgan fingerprint density at radius 1 is 0.706 bits per heavy atom. The van der Waals surface area contributed by atoms with Gasteiger partial charge in [-0.25, -0.2) is 18.7 Å². The van der Waals surface area contributed by atoms with Crippen molar-refractivity contribution in [2.24, 2.45) is 0 Å². The summed E-state index contributed by atoms with van der Waals surface area (Å²) >= 11 is 0. The molecule has 0 aliphatic rings. The Labute approximate surface area is 205 Å². The van der Waals surface area contributed by atoms with Gasteiger partial charge in [0, 0.05) is 18.0 Å². The number of hydrogen-bond acceptors (Lipinski definition) is 3. The van der Waals surface area contributed by atoms with E-state index in [1.807, 2.05) is 43.6 Å². The van der Waals surface area contributed by atoms with Gasteiger partial charge in [0.1, 0.15) is 24.7 Å². The molecule has 0 bridgehead atoms. The number of hydrogen-bond donors (Lipinski definition) is 0. The predicted octanol–water partition coefficient (Wildman–Crippen LogP) is 8.85. The lowest BCUT2D eigenvalue weighted by Crippen LogP contribution is -2.13. The van der Waals surface area contributed by atoms with Crippen molar-refractivity contribution >= 4 is 0 Å². The van der Waals surface area contributed by atoms with Crippen molar-refractivity contribution in [3.8, 4) is 17.1 Å². The van der Waals surface area contributed by atoms with Crippen LogP contribution in [0, 0.1) is 0 Å². The highest BCUT2D eigenvalue weighted by atomic mass is 19.1. The van der Waals surface area contributed by atoms with E-state index in [0.717, 1.165) is 18.4 Å². The Hall–Kier alpha value is -2.04. The topological polar surface area (TPSA) is 35.0 Å². The van der Waals surface area contributed by atoms with Crippen molar-refractivity contribution in [3.63, 3.8) is 0 Å². The molecule has 0 aliphatic carbocycles. The van der Waals surface area contributed by atoms with Gasteiger partial charge in [-0.05, 0) is 68.4 Å². The second-order valence-corrected chi connectivity index (χ2v) is 9.39. The molecule has 2 aromatic rings. The van der Waals surface area contributed by atoms with E-state index < -0.39 is 12.3 Å². The van der Waals surface area contributed by atoms with Gasteiger partial charge in [-0.3, -0.25) is 0 Å². The number of aryl methyl sites for hydroxylation is 1. The van der Waals surface area contributed by atoms with E-state index in [4.69, 9.17) is 4.74 Å². The molecule has 2 rings (SSSR count). The first kappa shape index (κ1) is 28.2. The molecule has 1 heterocycles. The van der Waals surface area contributed by atoms with Crippen LogP contribution in [0.2, 0.25) is 0 Å². The fourth-order valence-electron chi connectivity index (χ4n) is 4.08. The second kappa shape index (κ2) is 17.4. The second-order valence-electron chi connectivity index (χ2n) is 9.39. The summed E-state index contributed by atoms with van der Waals surface area (Å²) in [6.45, 7) is 4.21. The van der Waals surface area contributed by atoms with Gasteiger partial charge in [0.05, 0.1) is 0 Å². The van der Waals surface area contributed by atoms with Crippen LogP contribution in [0.3, 0.4) is 0 Å². The van der Waals surface area contributed by atoms with Gasteiger partial charge in [-0.15, -0.1) is 0 Å². The van der Waals surface area contributed by atoms with Crippen LogP contribution < -0.4 is 4.74 Å². The lowest BCUT2D eigenvalue weighted by molar-refractivity contribution is 0.178. The molecule has 0 saturated heterocycles. The third-order valence-corrected chi connectivity index (χ3v) is 6.20. The Bertz CT molecular complexity index is 752. The van der Waals surface area contributed by atoms with Crippen LogP contribution in [0.25, 0.3) is 11.4 Å². The fraction of sp³-hybridized carbons (Fsp3) is 0.655. The van der Waals surface area contributed by atoms with Gasteiger partial charge in [-0.1, -0.05) is 65.2 Å². The molecule has 1 aromatic heterocycles. The van der Waals surface area contributed by atoms with Crippen LogP contribution in [-0.2, 0) is 6.42 Å². The summed E-state index contributed by atoms with van der Waals surface area (Å²) in [6, 6.07) is 7.43. The summed E-state index contributed by atoms with van der Waals surface area (Å²) in [6.07, 6.45) is 16.2. The van der Waals surface area contributed by atoms with Crippen molar-refractivity contribution in [1.29, 1.82) is 0 Å². The Kier molecular flexibility index (Phi) is 14.4. The third-order valence-electron chi connectivity index (χ3n) is 6.20. The molecule has 5 heteroatoms. The SMILES string of the molecule is CCCCCCCCCCc1cnc(-c2ccc(OCC(F)CCCC(F)CCC)cc2)nc1. The lowest BCUT2D eigenvalue weighted by atomic mass is 10.1. The van der Waals surface area contributed by atoms with Crippen molar-refractivity contribution in [3.05, 3.63) is 42.2 Å². The van der Waals surface area contributed by atoms with Crippen molar-refractivity contribution < 1.29 is 13.5 Å². The number of alkyl halides is 2. The van der Waals surface area contributed by atoms with Crippen LogP contribution >= 0.6 is 0 Å². The molecule has 0 fully saturated rings. The number of halogens is 2. The molecule has 2 unspecified atom stereocenters. The number of aromatic nitrogens is 2. The molecule has 0 radical (unpaired) electrons. The predicted molar refractivity (Wildman–Crippen MR) is 138 cm³/mol. The summed E-state index contributed by atoms with van der Waals surface area (Å²) in [7, 11) is 0. The first-order valence-electron chi connectivity index (χ1n) is 13.4. The minimum atomic E-state index is -1.08. The molecule has 0 N–H and O–H groups in total. The maximum absolute atomic E-state index is 14.0. The number of nitrogens with zero attached hydrogens (tertiary/aromatic N) is 2. The largest absolute Gasteiger partial charge is 0.491 e. The highest BCUT2D eigenvalue weighted by Crippen LogP contribution is 2.21. The first-order valence-corrected chi connectivity index (χ1v) is 13.4. The van der Waals surface area contributed by atoms with E-state index in [-0.39, 0.29) is 6.61 Å². The number of rotatable bonds is 19. The molecule has 0 aliphatic heterocycles. The first-order chi connectivity index (χ1) is 16.6. The standard InChI is InChI=1S/C29H44F2N2O/c1-3-5-6-7-8-9-10-11-14-24-21-32-29(33-22-24)25-17-19-28(20-18-25)34-23-27(31)16-12-15-26(30)13-4-2/h17-22,26-27H,3-16,23H2,1-2H3. The molecule has 0 amide bonds. The molecule has 190 valence electrons. The summed E-state index contributed by atoms with van der Waals surface area (Å²) in [4.78, 5) is 9.04. The molecule has 0 spiro atoms. The van der Waals surface area contributed by atoms with Crippen molar-refractivity contribution in [2.75, 3.05) is 6.61 Å². The highest BCUT2D eigenvalue weighted by molar-refractivity contribution is 5.55. The normalized spacial score (nSPS) is 13.1. The Morgan fingerprint density at radius 3 is 1.97 bits per heavy atom. The van der Waals surface area contributed by atoms with Gasteiger partial charge < -0.3 is 4.74 Å². The molecular formula is C29H44F2N2O. The van der Waals surface area contributed by atoms with E-state index >= 15 is 0 Å². The summed E-state index contributed by atoms with van der Waals surface area (Å²) < 4.78 is 33.1. The maximum atomic E-state index is 14.0. The van der Waals surface area contributed by atoms with Crippen molar-refractivity contribution in [1.82, 2.24) is 9.97 Å². The Morgan fingerprint density at radius 2 is 1.32 bits per heavy atom. The minimum Gasteiger partial charge on any atom is -0.491 e. The molecule has 1 aromatic carbocycles. The summed E-state index contributed by atoms with van der Waals surface area (Å²) in [5.41, 5.74) is 2.09. The van der Waals surface area contributed by atoms with E-state index in [2.05, 4.69) is 16.9 Å². The molecule has 2 atom stereocenters. The zero-order valence-corrected chi connectivity index (χ0v) is 21.3. The van der Waals surface area contributed by atoms with Crippen LogP contribution in [0.15, 0.2) is 36.7 Å². The fourth-order valence-corrected chi connectivity index (χ4v) is 4.08. The monoisotopic (exact) mass is 474 g/mol. The average molecular weight is 475 g/mol. The molecule has 34 heavy (non-hydrogen) atoms. The Balaban J connectivity index is 1.66. The number of ether oxygens (including phenoxy) is 1. The van der Waals surface area contributed by atoms with Gasteiger partial charge >= 0.3 is 0 Å². The maximum Gasteiger partial charge on any atom is 0.159 e. The van der Waals surface area contributed by atoms with Gasteiger partial charge in [0.15, 0.2) is 5.82 Å². The van der Waals surface area contributed by atoms with Crippen LogP contribution in [0.1, 0.15) is 103 Å². The van der Waals surface area contributed by atoms with E-state index in [1.54, 1.807) is 0 Å². The highest BCUT2D eigenvalue weighted by Gasteiger charge is 2.11. The van der Waals surface area contributed by atoms with Crippen LogP contribution in [0.5, 0.6) is 5.75 Å². The van der Waals surface area contributed by atoms with Gasteiger partial charge in [0.25, 0.3) is 0 Å². The van der Waals surface area contributed by atoms with Crippen LogP contribution in [-0.4, -0.2) is 28.9 Å². The molecule has 3 nitrogen and oxygen atoms in total. The van der Waals surface area contributed by atoms with E-state index in [0.29, 0.717) is 37.3 Å². The quantitative estimate of drug-likeness (QED) is 0.191. The molecular weight excluding hydrogens is 430 g/mol. The van der Waals surface area contributed by atoms with E-state index in [1.165, 1.54) is 56.9 Å². The van der Waals surface area contributed by atoms with Crippen molar-refractivity contribution in [2.45, 2.75) is 116 Å². The van der Waals surface area contributed by atoms with Gasteiger partial charge in [0.2, 0.25) is 0 Å². The zero-order valence-electron chi connectivity index (χ0n) is 21.3. The smallest absolute Gasteiger partial charge is 0.159 e. The van der Waals surface area contributed by atoms with Gasteiger partial charge in [-0.2, -0.15) is 0 Å². The zero-order chi connectivity index (χ0) is 24.4. The third kappa shape index (κ3) is 11.9. The summed E-state index contributed by atoms with van der Waals surface area (Å²) in [5, 5.41) is 0. The number of unbranched alkanes of at least 4 members (excludes halogenated alkanes) is 7. The van der Waals surface area contributed by atoms with E-state index in [9.17, 15) is 8.78 Å². The average Bonchev–Trinajstić information content (AvgIpc) is 2.85. The lowest BCUT2D eigenvalue weighted by Gasteiger charge is -2.12.